The van der Waals surface area contributed by atoms with Crippen molar-refractivity contribution < 1.29 is 24.1 Å². The topological polar surface area (TPSA) is 101 Å². The van der Waals surface area contributed by atoms with Crippen LogP contribution in [0.25, 0.3) is 0 Å². The molecule has 1 atom stereocenters. The van der Waals surface area contributed by atoms with Crippen LogP contribution in [-0.2, 0) is 0 Å². The second kappa shape index (κ2) is 13.9. The zero-order chi connectivity index (χ0) is 27.6. The van der Waals surface area contributed by atoms with Gasteiger partial charge in [-0.1, -0.05) is 12.0 Å². The predicted molar refractivity (Wildman–Crippen MR) is 153 cm³/mol. The van der Waals surface area contributed by atoms with E-state index in [4.69, 9.17) is 25.4 Å². The number of methoxy groups -OCH3 is 2. The van der Waals surface area contributed by atoms with Gasteiger partial charge in [0.25, 0.3) is 0 Å². The van der Waals surface area contributed by atoms with Gasteiger partial charge in [0.15, 0.2) is 6.61 Å². The minimum atomic E-state index is -0.630. The van der Waals surface area contributed by atoms with E-state index in [-0.39, 0.29) is 13.2 Å². The third kappa shape index (κ3) is 7.89. The van der Waals surface area contributed by atoms with Crippen LogP contribution in [0.5, 0.6) is 23.1 Å². The average molecular weight is 598 g/mol. The van der Waals surface area contributed by atoms with Crippen molar-refractivity contribution in [3.8, 4) is 35.5 Å². The lowest BCUT2D eigenvalue weighted by Crippen LogP contribution is -2.49. The van der Waals surface area contributed by atoms with E-state index in [1.54, 1.807) is 20.4 Å². The normalized spacial score (nSPS) is 14.3. The predicted octanol–water partition coefficient (Wildman–Crippen LogP) is 3.57. The van der Waals surface area contributed by atoms with Crippen LogP contribution in [0.15, 0.2) is 53.1 Å². The van der Waals surface area contributed by atoms with E-state index in [0.717, 1.165) is 49.1 Å². The third-order valence-electron chi connectivity index (χ3n) is 6.11. The Balaban J connectivity index is 1.25. The number of terminal acetylenes is 1. The second-order valence-electron chi connectivity index (χ2n) is 8.78. The number of piperazine rings is 1. The Kier molecular flexibility index (Phi) is 10.1. The molecule has 206 valence electrons. The van der Waals surface area contributed by atoms with Gasteiger partial charge in [-0.2, -0.15) is 4.98 Å². The Hall–Kier alpha value is -3.72. The van der Waals surface area contributed by atoms with Crippen molar-refractivity contribution in [2.24, 2.45) is 0 Å². The summed E-state index contributed by atoms with van der Waals surface area (Å²) >= 11 is 3.35. The molecule has 1 aliphatic rings. The number of hydrogen-bond acceptors (Lipinski definition) is 10. The fourth-order valence-corrected chi connectivity index (χ4v) is 4.48. The molecule has 2 N–H and O–H groups in total. The number of ether oxygens (including phenoxy) is 4. The Morgan fingerprint density at radius 2 is 1.90 bits per heavy atom. The molecular weight excluding hydrogens is 566 g/mol. The lowest BCUT2D eigenvalue weighted by molar-refractivity contribution is 0.0663. The van der Waals surface area contributed by atoms with E-state index >= 15 is 0 Å². The molecule has 1 aromatic heterocycles. The number of halogens is 1. The van der Waals surface area contributed by atoms with Crippen LogP contribution in [0.2, 0.25) is 0 Å². The summed E-state index contributed by atoms with van der Waals surface area (Å²) in [5.41, 5.74) is 1.78. The van der Waals surface area contributed by atoms with Crippen LogP contribution in [0.4, 0.5) is 17.3 Å². The molecule has 1 fully saturated rings. The monoisotopic (exact) mass is 597 g/mol. The number of aliphatic hydroxyl groups excluding tert-OH is 1. The van der Waals surface area contributed by atoms with Crippen molar-refractivity contribution in [2.75, 3.05) is 70.4 Å². The minimum absolute atomic E-state index is 0.105. The number of aromatic nitrogens is 2. The van der Waals surface area contributed by atoms with Gasteiger partial charge in [-0.25, -0.2) is 4.98 Å². The smallest absolute Gasteiger partial charge is 0.233 e. The number of anilines is 3. The molecule has 11 heteroatoms. The molecule has 0 aliphatic carbocycles. The quantitative estimate of drug-likeness (QED) is 0.301. The molecule has 0 amide bonds. The lowest BCUT2D eigenvalue weighted by atomic mass is 10.2. The van der Waals surface area contributed by atoms with Crippen LogP contribution in [0.3, 0.4) is 0 Å². The first-order chi connectivity index (χ1) is 19.0. The van der Waals surface area contributed by atoms with Crippen LogP contribution < -0.4 is 29.2 Å². The number of β-amino-alcohol motifs (C(OH)–C–C–N with tert-alkyl or cyclic N) is 1. The van der Waals surface area contributed by atoms with Gasteiger partial charge in [0.2, 0.25) is 11.8 Å². The highest BCUT2D eigenvalue weighted by Crippen LogP contribution is 2.33. The standard InChI is InChI=1S/C28H32BrN5O5/c1-4-14-38-27-24(29)17-30-28(32-27)31-20-6-5-7-23(15-20)39-19-21(35)18-33-10-12-34(13-11-33)25-9-8-22(36-2)16-26(25)37-3/h1,5-9,15-17,21,35H,10-14,18-19H2,2-3H3,(H,30,31,32). The fraction of sp³-hybridized carbons (Fsp3) is 0.357. The Labute approximate surface area is 237 Å². The van der Waals surface area contributed by atoms with Gasteiger partial charge < -0.3 is 34.3 Å². The molecule has 0 spiro atoms. The second-order valence-corrected chi connectivity index (χ2v) is 9.64. The van der Waals surface area contributed by atoms with Gasteiger partial charge in [0.05, 0.1) is 30.6 Å². The molecular formula is C28H32BrN5O5. The molecule has 39 heavy (non-hydrogen) atoms. The molecule has 3 aromatic rings. The van der Waals surface area contributed by atoms with Gasteiger partial charge in [0, 0.05) is 50.5 Å². The highest BCUT2D eigenvalue weighted by atomic mass is 79.9. The van der Waals surface area contributed by atoms with Crippen molar-refractivity contribution in [1.29, 1.82) is 0 Å². The number of rotatable bonds is 12. The zero-order valence-corrected chi connectivity index (χ0v) is 23.6. The molecule has 0 saturated carbocycles. The molecule has 1 saturated heterocycles. The van der Waals surface area contributed by atoms with Gasteiger partial charge in [-0.3, -0.25) is 4.90 Å². The molecule has 0 bridgehead atoms. The Morgan fingerprint density at radius 1 is 1.08 bits per heavy atom. The van der Waals surface area contributed by atoms with E-state index in [1.165, 1.54) is 0 Å². The number of nitrogens with zero attached hydrogens (tertiary/aromatic N) is 4. The maximum Gasteiger partial charge on any atom is 0.233 e. The lowest BCUT2D eigenvalue weighted by Gasteiger charge is -2.37. The van der Waals surface area contributed by atoms with Crippen molar-refractivity contribution in [1.82, 2.24) is 14.9 Å². The van der Waals surface area contributed by atoms with E-state index in [2.05, 4.69) is 46.9 Å². The molecule has 2 heterocycles. The van der Waals surface area contributed by atoms with Gasteiger partial charge in [-0.15, -0.1) is 6.42 Å². The summed E-state index contributed by atoms with van der Waals surface area (Å²) in [6, 6.07) is 13.2. The zero-order valence-electron chi connectivity index (χ0n) is 22.0. The highest BCUT2D eigenvalue weighted by Gasteiger charge is 2.22. The summed E-state index contributed by atoms with van der Waals surface area (Å²) in [5, 5.41) is 13.8. The van der Waals surface area contributed by atoms with Crippen LogP contribution >= 0.6 is 15.9 Å². The molecule has 1 unspecified atom stereocenters. The number of aliphatic hydroxyl groups is 1. The SMILES string of the molecule is C#CCOc1nc(Nc2cccc(OCC(O)CN3CCN(c4ccc(OC)cc4OC)CC3)c2)ncc1Br. The van der Waals surface area contributed by atoms with Crippen LogP contribution in [-0.4, -0.2) is 86.2 Å². The summed E-state index contributed by atoms with van der Waals surface area (Å²) in [6.45, 7) is 4.12. The maximum atomic E-state index is 10.6. The molecule has 2 aromatic carbocycles. The summed E-state index contributed by atoms with van der Waals surface area (Å²) in [5.74, 6) is 5.29. The summed E-state index contributed by atoms with van der Waals surface area (Å²) < 4.78 is 22.8. The van der Waals surface area contributed by atoms with Crippen molar-refractivity contribution >= 4 is 33.3 Å². The molecule has 10 nitrogen and oxygen atoms in total. The van der Waals surface area contributed by atoms with Crippen molar-refractivity contribution in [3.63, 3.8) is 0 Å². The first kappa shape index (κ1) is 28.3. The van der Waals surface area contributed by atoms with E-state index in [9.17, 15) is 5.11 Å². The van der Waals surface area contributed by atoms with Crippen LogP contribution in [0, 0.1) is 12.3 Å². The number of nitrogens with one attached hydrogen (secondary N) is 1. The summed E-state index contributed by atoms with van der Waals surface area (Å²) in [4.78, 5) is 13.1. The molecule has 4 rings (SSSR count). The van der Waals surface area contributed by atoms with Gasteiger partial charge in [0.1, 0.15) is 30.0 Å². The Bertz CT molecular complexity index is 1280. The first-order valence-electron chi connectivity index (χ1n) is 12.4. The van der Waals surface area contributed by atoms with E-state index < -0.39 is 6.10 Å². The summed E-state index contributed by atoms with van der Waals surface area (Å²) in [7, 11) is 3.31. The van der Waals surface area contributed by atoms with Gasteiger partial charge in [-0.05, 0) is 40.2 Å². The molecule has 1 aliphatic heterocycles. The van der Waals surface area contributed by atoms with E-state index in [1.807, 2.05) is 42.5 Å². The van der Waals surface area contributed by atoms with Crippen LogP contribution in [0.1, 0.15) is 0 Å². The Morgan fingerprint density at radius 3 is 2.64 bits per heavy atom. The number of benzene rings is 2. The van der Waals surface area contributed by atoms with Gasteiger partial charge >= 0.3 is 0 Å². The maximum absolute atomic E-state index is 10.6. The minimum Gasteiger partial charge on any atom is -0.497 e. The van der Waals surface area contributed by atoms with E-state index in [0.29, 0.717) is 28.6 Å². The largest absolute Gasteiger partial charge is 0.497 e. The van der Waals surface area contributed by atoms with Crippen molar-refractivity contribution in [2.45, 2.75) is 6.10 Å². The number of hydrogen-bond donors (Lipinski definition) is 2. The van der Waals surface area contributed by atoms with Crippen molar-refractivity contribution in [3.05, 3.63) is 53.1 Å². The average Bonchev–Trinajstić information content (AvgIpc) is 2.96. The fourth-order valence-electron chi connectivity index (χ4n) is 4.18. The molecule has 0 radical (unpaired) electrons. The first-order valence-corrected chi connectivity index (χ1v) is 13.2. The summed E-state index contributed by atoms with van der Waals surface area (Å²) in [6.07, 6.45) is 6.22. The third-order valence-corrected chi connectivity index (χ3v) is 6.65. The highest BCUT2D eigenvalue weighted by molar-refractivity contribution is 9.10.